The Morgan fingerprint density at radius 1 is 1.26 bits per heavy atom. The number of rotatable bonds is 5. The molecular formula is C17H21N3O7. The summed E-state index contributed by atoms with van der Waals surface area (Å²) in [6, 6.07) is 6.11. The molecule has 0 spiro atoms. The van der Waals surface area contributed by atoms with Gasteiger partial charge in [0.25, 0.3) is 5.91 Å². The molecule has 10 heteroatoms. The van der Waals surface area contributed by atoms with Crippen LogP contribution in [0, 0.1) is 0 Å². The molecule has 1 aromatic rings. The van der Waals surface area contributed by atoms with Crippen molar-refractivity contribution in [1.29, 1.82) is 0 Å². The fraction of sp³-hybridized carbons (Fsp3) is 0.412. The van der Waals surface area contributed by atoms with E-state index in [9.17, 15) is 29.4 Å². The maximum Gasteiger partial charge on any atom is 0.408 e. The van der Waals surface area contributed by atoms with Crippen molar-refractivity contribution >= 4 is 23.9 Å². The van der Waals surface area contributed by atoms with E-state index in [0.717, 1.165) is 0 Å². The van der Waals surface area contributed by atoms with Gasteiger partial charge in [0, 0.05) is 11.1 Å². The maximum absolute atomic E-state index is 12.4. The summed E-state index contributed by atoms with van der Waals surface area (Å²) < 4.78 is 4.97. The zero-order valence-corrected chi connectivity index (χ0v) is 15.1. The molecule has 2 rings (SSSR count). The predicted octanol–water partition coefficient (Wildman–Crippen LogP) is 0.185. The van der Waals surface area contributed by atoms with Crippen molar-refractivity contribution < 1.29 is 34.1 Å². The van der Waals surface area contributed by atoms with E-state index in [1.54, 1.807) is 32.9 Å². The highest BCUT2D eigenvalue weighted by Crippen LogP contribution is 2.32. The number of hydrogen-bond donors (Lipinski definition) is 4. The Morgan fingerprint density at radius 2 is 1.89 bits per heavy atom. The monoisotopic (exact) mass is 379 g/mol. The van der Waals surface area contributed by atoms with Gasteiger partial charge >= 0.3 is 12.1 Å². The lowest BCUT2D eigenvalue weighted by Gasteiger charge is -2.28. The lowest BCUT2D eigenvalue weighted by atomic mass is 10.1. The van der Waals surface area contributed by atoms with Gasteiger partial charge in [0.2, 0.25) is 12.1 Å². The molecule has 1 heterocycles. The molecule has 10 nitrogen and oxygen atoms in total. The van der Waals surface area contributed by atoms with Gasteiger partial charge in [-0.25, -0.2) is 9.59 Å². The highest BCUT2D eigenvalue weighted by atomic mass is 16.6. The summed E-state index contributed by atoms with van der Waals surface area (Å²) in [6.07, 6.45) is -4.18. The van der Waals surface area contributed by atoms with Gasteiger partial charge in [-0.05, 0) is 26.8 Å². The van der Waals surface area contributed by atoms with Crippen molar-refractivity contribution in [2.45, 2.75) is 38.8 Å². The number of carboxylic acids is 1. The molecule has 2 unspecified atom stereocenters. The Balaban J connectivity index is 2.04. The van der Waals surface area contributed by atoms with E-state index in [-0.39, 0.29) is 11.1 Å². The average molecular weight is 379 g/mol. The number of alkyl carbamates (subject to hydrolysis) is 1. The van der Waals surface area contributed by atoms with Crippen LogP contribution in [0.4, 0.5) is 4.79 Å². The first-order valence-electron chi connectivity index (χ1n) is 8.10. The van der Waals surface area contributed by atoms with Crippen molar-refractivity contribution in [2.75, 3.05) is 6.54 Å². The quantitative estimate of drug-likeness (QED) is 0.571. The number of nitrogens with zero attached hydrogens (tertiary/aromatic N) is 1. The molecule has 2 atom stereocenters. The molecule has 0 aromatic heterocycles. The molecule has 0 bridgehead atoms. The lowest BCUT2D eigenvalue weighted by Crippen LogP contribution is -2.56. The Labute approximate surface area is 155 Å². The summed E-state index contributed by atoms with van der Waals surface area (Å²) in [4.78, 5) is 48.2. The van der Waals surface area contributed by atoms with Crippen molar-refractivity contribution in [3.63, 3.8) is 0 Å². The summed E-state index contributed by atoms with van der Waals surface area (Å²) in [5.41, 5.74) is -0.366. The summed E-state index contributed by atoms with van der Waals surface area (Å²) in [6.45, 7) is 4.37. The lowest BCUT2D eigenvalue weighted by molar-refractivity contribution is -0.150. The van der Waals surface area contributed by atoms with Gasteiger partial charge in [0.05, 0.1) is 0 Å². The summed E-state index contributed by atoms with van der Waals surface area (Å²) in [7, 11) is 0. The van der Waals surface area contributed by atoms with E-state index in [4.69, 9.17) is 4.74 Å². The van der Waals surface area contributed by atoms with E-state index in [0.29, 0.717) is 4.90 Å². The molecule has 1 aliphatic rings. The topological polar surface area (TPSA) is 145 Å². The summed E-state index contributed by atoms with van der Waals surface area (Å²) in [5.74, 6) is -3.14. The number of aliphatic carboxylic acids is 1. The third kappa shape index (κ3) is 4.73. The minimum Gasteiger partial charge on any atom is -0.478 e. The first kappa shape index (κ1) is 20.2. The minimum absolute atomic E-state index is 0.150. The van der Waals surface area contributed by atoms with Gasteiger partial charge in [-0.3, -0.25) is 14.5 Å². The predicted molar refractivity (Wildman–Crippen MR) is 91.4 cm³/mol. The van der Waals surface area contributed by atoms with Crippen LogP contribution in [0.3, 0.4) is 0 Å². The molecule has 4 N–H and O–H groups in total. The van der Waals surface area contributed by atoms with Gasteiger partial charge in [-0.2, -0.15) is 0 Å². The third-order valence-electron chi connectivity index (χ3n) is 3.57. The van der Waals surface area contributed by atoms with Gasteiger partial charge in [0.1, 0.15) is 12.1 Å². The molecule has 1 aromatic carbocycles. The minimum atomic E-state index is -1.81. The number of carboxylic acid groups (broad SMARTS) is 1. The number of amides is 3. The number of aliphatic hydroxyl groups excluding tert-OH is 1. The van der Waals surface area contributed by atoms with Crippen LogP contribution in [0.25, 0.3) is 0 Å². The Bertz CT molecular complexity index is 772. The Kier molecular flexibility index (Phi) is 5.69. The van der Waals surface area contributed by atoms with Crippen LogP contribution in [-0.4, -0.2) is 57.3 Å². The fourth-order valence-electron chi connectivity index (χ4n) is 2.50. The van der Waals surface area contributed by atoms with Crippen LogP contribution in [0.1, 0.15) is 42.9 Å². The number of carbonyl (C=O) groups is 4. The first-order valence-corrected chi connectivity index (χ1v) is 8.10. The van der Waals surface area contributed by atoms with Crippen molar-refractivity contribution in [3.8, 4) is 0 Å². The fourth-order valence-corrected chi connectivity index (χ4v) is 2.50. The molecule has 1 aliphatic heterocycles. The Morgan fingerprint density at radius 3 is 2.44 bits per heavy atom. The zero-order valence-electron chi connectivity index (χ0n) is 15.1. The number of fused-ring (bicyclic) bond motifs is 1. The second-order valence-corrected chi connectivity index (χ2v) is 6.84. The molecule has 146 valence electrons. The van der Waals surface area contributed by atoms with E-state index in [2.05, 4.69) is 10.6 Å². The maximum atomic E-state index is 12.4. The summed E-state index contributed by atoms with van der Waals surface area (Å²) in [5, 5.41) is 24.0. The van der Waals surface area contributed by atoms with Crippen molar-refractivity contribution in [3.05, 3.63) is 35.4 Å². The molecular weight excluding hydrogens is 358 g/mol. The van der Waals surface area contributed by atoms with Crippen LogP contribution >= 0.6 is 0 Å². The van der Waals surface area contributed by atoms with Crippen LogP contribution < -0.4 is 10.6 Å². The average Bonchev–Trinajstić information content (AvgIpc) is 2.81. The molecule has 0 radical (unpaired) electrons. The largest absolute Gasteiger partial charge is 0.478 e. The van der Waals surface area contributed by atoms with Crippen LogP contribution in [-0.2, 0) is 14.3 Å². The number of hydrogen-bond acceptors (Lipinski definition) is 6. The number of nitrogens with one attached hydrogen (secondary N) is 2. The Hall–Kier alpha value is -3.14. The van der Waals surface area contributed by atoms with E-state index in [1.807, 2.05) is 0 Å². The van der Waals surface area contributed by atoms with Gasteiger partial charge in [-0.1, -0.05) is 18.2 Å². The van der Waals surface area contributed by atoms with Gasteiger partial charge in [0.15, 0.2) is 6.23 Å². The second kappa shape index (κ2) is 7.62. The number of carbonyl (C=O) groups excluding carboxylic acids is 3. The van der Waals surface area contributed by atoms with E-state index < -0.39 is 48.4 Å². The molecule has 0 fully saturated rings. The number of benzene rings is 1. The highest BCUT2D eigenvalue weighted by molar-refractivity contribution is 6.01. The molecule has 3 amide bonds. The van der Waals surface area contributed by atoms with Gasteiger partial charge < -0.3 is 25.6 Å². The number of aliphatic hydroxyl groups is 1. The van der Waals surface area contributed by atoms with Crippen LogP contribution in [0.15, 0.2) is 24.3 Å². The number of ether oxygens (including phenoxy) is 1. The van der Waals surface area contributed by atoms with Crippen molar-refractivity contribution in [2.24, 2.45) is 0 Å². The van der Waals surface area contributed by atoms with E-state index >= 15 is 0 Å². The molecule has 0 saturated heterocycles. The van der Waals surface area contributed by atoms with Gasteiger partial charge in [-0.15, -0.1) is 0 Å². The van der Waals surface area contributed by atoms with Crippen LogP contribution in [0.5, 0.6) is 0 Å². The summed E-state index contributed by atoms with van der Waals surface area (Å²) >= 11 is 0. The van der Waals surface area contributed by atoms with E-state index in [1.165, 1.54) is 12.1 Å². The third-order valence-corrected chi connectivity index (χ3v) is 3.57. The van der Waals surface area contributed by atoms with Crippen molar-refractivity contribution in [1.82, 2.24) is 15.5 Å². The second-order valence-electron chi connectivity index (χ2n) is 6.84. The highest BCUT2D eigenvalue weighted by Gasteiger charge is 2.43. The molecule has 27 heavy (non-hydrogen) atoms. The van der Waals surface area contributed by atoms with Crippen LogP contribution in [0.2, 0.25) is 0 Å². The molecule has 0 saturated carbocycles. The molecule has 0 aliphatic carbocycles. The standard InChI is InChI=1S/C17H21N3O7/c1-17(2,3)27-16(26)18-8-11(21)19-12(15(24)25)20-13(22)9-6-4-5-7-10(9)14(20)23/h4-7,12-13,22H,8H2,1-3H3,(H,18,26)(H,19,21)(H,24,25). The SMILES string of the molecule is CC(C)(C)OC(=O)NCC(=O)NC(C(=O)O)N1C(=O)c2ccccc2C1O. The normalized spacial score (nSPS) is 17.1. The zero-order chi connectivity index (χ0) is 20.4. The first-order chi connectivity index (χ1) is 12.5. The smallest absolute Gasteiger partial charge is 0.408 e.